The Hall–Kier alpha value is -3.94. The highest BCUT2D eigenvalue weighted by Gasteiger charge is 2.06. The topological polar surface area (TPSA) is 89.6 Å². The average Bonchev–Trinajstić information content (AvgIpc) is 2.81. The second kappa shape index (κ2) is 12.0. The number of benzene rings is 2. The minimum absolute atomic E-state index is 0.135. The molecule has 0 spiro atoms. The van der Waals surface area contributed by atoms with E-state index in [0.29, 0.717) is 31.1 Å². The van der Waals surface area contributed by atoms with Gasteiger partial charge in [0.1, 0.15) is 18.2 Å². The SMILES string of the molecule is O=C(CCCNC(=O)OCc1ccccc1)NCc1ccc(Oc2cccc(F)c2)nc1. The van der Waals surface area contributed by atoms with Gasteiger partial charge in [-0.15, -0.1) is 0 Å². The van der Waals surface area contributed by atoms with Crippen molar-refractivity contribution < 1.29 is 23.5 Å². The van der Waals surface area contributed by atoms with Gasteiger partial charge < -0.3 is 20.1 Å². The lowest BCUT2D eigenvalue weighted by Crippen LogP contribution is -2.27. The summed E-state index contributed by atoms with van der Waals surface area (Å²) in [7, 11) is 0. The van der Waals surface area contributed by atoms with Crippen LogP contribution in [-0.2, 0) is 22.7 Å². The number of hydrogen-bond donors (Lipinski definition) is 2. The maximum absolute atomic E-state index is 13.2. The molecule has 166 valence electrons. The molecule has 0 fully saturated rings. The zero-order chi connectivity index (χ0) is 22.6. The number of nitrogens with zero attached hydrogens (tertiary/aromatic N) is 1. The number of ether oxygens (including phenoxy) is 2. The van der Waals surface area contributed by atoms with Crippen LogP contribution in [-0.4, -0.2) is 23.5 Å². The second-order valence-corrected chi connectivity index (χ2v) is 6.93. The normalized spacial score (nSPS) is 10.3. The van der Waals surface area contributed by atoms with Crippen LogP contribution >= 0.6 is 0 Å². The number of carbonyl (C=O) groups is 2. The lowest BCUT2D eigenvalue weighted by Gasteiger charge is -2.08. The summed E-state index contributed by atoms with van der Waals surface area (Å²) in [6, 6.07) is 18.6. The van der Waals surface area contributed by atoms with Crippen molar-refractivity contribution in [3.63, 3.8) is 0 Å². The molecule has 2 amide bonds. The molecule has 3 aromatic rings. The van der Waals surface area contributed by atoms with E-state index < -0.39 is 6.09 Å². The molecule has 0 saturated carbocycles. The second-order valence-electron chi connectivity index (χ2n) is 6.93. The summed E-state index contributed by atoms with van der Waals surface area (Å²) in [5.41, 5.74) is 1.71. The van der Waals surface area contributed by atoms with Gasteiger partial charge in [-0.3, -0.25) is 4.79 Å². The largest absolute Gasteiger partial charge is 0.445 e. The van der Waals surface area contributed by atoms with Crippen molar-refractivity contribution in [2.24, 2.45) is 0 Å². The standard InChI is InChI=1S/C24H24FN3O4/c25-20-8-4-9-21(14-20)32-23-12-11-19(16-28-23)15-27-22(29)10-5-13-26-24(30)31-17-18-6-2-1-3-7-18/h1-4,6-9,11-12,14,16H,5,10,13,15,17H2,(H,26,30)(H,27,29). The Labute approximate surface area is 185 Å². The number of alkyl carbamates (subject to hydrolysis) is 1. The van der Waals surface area contributed by atoms with E-state index in [1.165, 1.54) is 12.1 Å². The van der Waals surface area contributed by atoms with Gasteiger partial charge in [-0.05, 0) is 29.7 Å². The number of nitrogens with one attached hydrogen (secondary N) is 2. The summed E-state index contributed by atoms with van der Waals surface area (Å²) in [4.78, 5) is 27.8. The van der Waals surface area contributed by atoms with Crippen LogP contribution in [0, 0.1) is 5.82 Å². The van der Waals surface area contributed by atoms with E-state index in [4.69, 9.17) is 9.47 Å². The molecule has 32 heavy (non-hydrogen) atoms. The first kappa shape index (κ1) is 22.7. The van der Waals surface area contributed by atoms with Crippen LogP contribution in [0.3, 0.4) is 0 Å². The number of amides is 2. The fourth-order valence-corrected chi connectivity index (χ4v) is 2.73. The maximum atomic E-state index is 13.2. The Kier molecular flexibility index (Phi) is 8.56. The van der Waals surface area contributed by atoms with Crippen molar-refractivity contribution >= 4 is 12.0 Å². The molecule has 0 aliphatic heterocycles. The van der Waals surface area contributed by atoms with Crippen LogP contribution in [0.15, 0.2) is 72.9 Å². The van der Waals surface area contributed by atoms with Gasteiger partial charge >= 0.3 is 6.09 Å². The van der Waals surface area contributed by atoms with Crippen LogP contribution in [0.4, 0.5) is 9.18 Å². The van der Waals surface area contributed by atoms with Gasteiger partial charge in [0, 0.05) is 37.8 Å². The third kappa shape index (κ3) is 8.06. The molecular weight excluding hydrogens is 413 g/mol. The van der Waals surface area contributed by atoms with Crippen LogP contribution < -0.4 is 15.4 Å². The summed E-state index contributed by atoms with van der Waals surface area (Å²) in [6.45, 7) is 0.862. The van der Waals surface area contributed by atoms with Crippen molar-refractivity contribution in [2.45, 2.75) is 26.0 Å². The highest BCUT2D eigenvalue weighted by atomic mass is 19.1. The Balaban J connectivity index is 1.29. The number of rotatable bonds is 10. The molecule has 3 rings (SSSR count). The summed E-state index contributed by atoms with van der Waals surface area (Å²) < 4.78 is 23.8. The first-order valence-corrected chi connectivity index (χ1v) is 10.2. The minimum Gasteiger partial charge on any atom is -0.445 e. The lowest BCUT2D eigenvalue weighted by atomic mass is 10.2. The molecule has 2 aromatic carbocycles. The third-order valence-corrected chi connectivity index (χ3v) is 4.37. The zero-order valence-corrected chi connectivity index (χ0v) is 17.4. The van der Waals surface area contributed by atoms with Gasteiger partial charge in [0.15, 0.2) is 0 Å². The van der Waals surface area contributed by atoms with E-state index in [1.807, 2.05) is 30.3 Å². The average molecular weight is 437 g/mol. The molecule has 0 aliphatic rings. The van der Waals surface area contributed by atoms with Gasteiger partial charge in [-0.25, -0.2) is 14.2 Å². The predicted molar refractivity (Wildman–Crippen MR) is 116 cm³/mol. The van der Waals surface area contributed by atoms with Gasteiger partial charge in [0.2, 0.25) is 11.8 Å². The molecule has 2 N–H and O–H groups in total. The third-order valence-electron chi connectivity index (χ3n) is 4.37. The van der Waals surface area contributed by atoms with Gasteiger partial charge in [-0.1, -0.05) is 42.5 Å². The quantitative estimate of drug-likeness (QED) is 0.461. The van der Waals surface area contributed by atoms with Crippen molar-refractivity contribution in [3.05, 3.63) is 89.9 Å². The number of pyridine rings is 1. The molecular formula is C24H24FN3O4. The van der Waals surface area contributed by atoms with E-state index in [-0.39, 0.29) is 24.8 Å². The Morgan fingerprint density at radius 1 is 0.938 bits per heavy atom. The molecule has 0 saturated heterocycles. The zero-order valence-electron chi connectivity index (χ0n) is 17.4. The number of hydrogen-bond acceptors (Lipinski definition) is 5. The maximum Gasteiger partial charge on any atom is 0.407 e. The smallest absolute Gasteiger partial charge is 0.407 e. The van der Waals surface area contributed by atoms with Crippen LogP contribution in [0.5, 0.6) is 11.6 Å². The van der Waals surface area contributed by atoms with E-state index in [0.717, 1.165) is 11.1 Å². The fraction of sp³-hybridized carbons (Fsp3) is 0.208. The molecule has 0 atom stereocenters. The van der Waals surface area contributed by atoms with Gasteiger partial charge in [0.25, 0.3) is 0 Å². The Morgan fingerprint density at radius 3 is 2.53 bits per heavy atom. The van der Waals surface area contributed by atoms with Crippen LogP contribution in [0.25, 0.3) is 0 Å². The predicted octanol–water partition coefficient (Wildman–Crippen LogP) is 4.34. The van der Waals surface area contributed by atoms with Crippen LogP contribution in [0.1, 0.15) is 24.0 Å². The van der Waals surface area contributed by atoms with E-state index in [2.05, 4.69) is 15.6 Å². The summed E-state index contributed by atoms with van der Waals surface area (Å²) in [6.07, 6.45) is 1.83. The van der Waals surface area contributed by atoms with Crippen molar-refractivity contribution in [1.82, 2.24) is 15.6 Å². The monoisotopic (exact) mass is 437 g/mol. The fourth-order valence-electron chi connectivity index (χ4n) is 2.73. The molecule has 8 heteroatoms. The number of halogens is 1. The highest BCUT2D eigenvalue weighted by Crippen LogP contribution is 2.20. The molecule has 0 bridgehead atoms. The Bertz CT molecular complexity index is 1010. The minimum atomic E-state index is -0.513. The summed E-state index contributed by atoms with van der Waals surface area (Å²) in [5.74, 6) is 0.164. The van der Waals surface area contributed by atoms with Crippen molar-refractivity contribution in [2.75, 3.05) is 6.54 Å². The molecule has 7 nitrogen and oxygen atoms in total. The number of carbonyl (C=O) groups excluding carboxylic acids is 2. The first-order valence-electron chi connectivity index (χ1n) is 10.2. The van der Waals surface area contributed by atoms with E-state index >= 15 is 0 Å². The van der Waals surface area contributed by atoms with Crippen molar-refractivity contribution in [1.29, 1.82) is 0 Å². The molecule has 0 aliphatic carbocycles. The summed E-state index contributed by atoms with van der Waals surface area (Å²) in [5, 5.41) is 5.42. The lowest BCUT2D eigenvalue weighted by molar-refractivity contribution is -0.121. The summed E-state index contributed by atoms with van der Waals surface area (Å²) >= 11 is 0. The van der Waals surface area contributed by atoms with E-state index in [1.54, 1.807) is 30.5 Å². The number of aromatic nitrogens is 1. The highest BCUT2D eigenvalue weighted by molar-refractivity contribution is 5.76. The van der Waals surface area contributed by atoms with Gasteiger partial charge in [-0.2, -0.15) is 0 Å². The molecule has 0 radical (unpaired) electrons. The Morgan fingerprint density at radius 2 is 1.78 bits per heavy atom. The molecule has 1 aromatic heterocycles. The van der Waals surface area contributed by atoms with E-state index in [9.17, 15) is 14.0 Å². The molecule has 1 heterocycles. The molecule has 0 unspecified atom stereocenters. The first-order chi connectivity index (χ1) is 15.6. The van der Waals surface area contributed by atoms with Crippen LogP contribution in [0.2, 0.25) is 0 Å². The van der Waals surface area contributed by atoms with Gasteiger partial charge in [0.05, 0.1) is 0 Å². The van der Waals surface area contributed by atoms with Crippen molar-refractivity contribution in [3.8, 4) is 11.6 Å².